The van der Waals surface area contributed by atoms with Crippen molar-refractivity contribution in [3.8, 4) is 5.88 Å². The lowest BCUT2D eigenvalue weighted by atomic mass is 9.93. The van der Waals surface area contributed by atoms with E-state index in [0.29, 0.717) is 18.1 Å². The maximum atomic E-state index is 13.5. The molecule has 1 amide bonds. The number of rotatable bonds is 4. The van der Waals surface area contributed by atoms with Gasteiger partial charge in [0.05, 0.1) is 18.7 Å². The third kappa shape index (κ3) is 3.56. The van der Waals surface area contributed by atoms with Crippen molar-refractivity contribution in [3.05, 3.63) is 54.0 Å². The van der Waals surface area contributed by atoms with Crippen LogP contribution in [0.2, 0.25) is 0 Å². The average molecular weight is 397 g/mol. The van der Waals surface area contributed by atoms with Crippen LogP contribution < -0.4 is 9.64 Å². The molecule has 0 radical (unpaired) electrons. The van der Waals surface area contributed by atoms with Crippen molar-refractivity contribution in [2.24, 2.45) is 0 Å². The number of halogens is 1. The van der Waals surface area contributed by atoms with Gasteiger partial charge in [-0.2, -0.15) is 0 Å². The fraction of sp³-hybridized carbons (Fsp3) is 0.478. The summed E-state index contributed by atoms with van der Waals surface area (Å²) in [7, 11) is 0. The van der Waals surface area contributed by atoms with E-state index in [-0.39, 0.29) is 29.3 Å². The SMILES string of the molecule is CCOc1ncccc1C(=O)N1CCC[C@H]2[C@@H]1CC(C)(C)N2c1ccc(F)cc1. The number of carbonyl (C=O) groups is 1. The van der Waals surface area contributed by atoms with Gasteiger partial charge < -0.3 is 14.5 Å². The van der Waals surface area contributed by atoms with Gasteiger partial charge in [-0.25, -0.2) is 9.37 Å². The largest absolute Gasteiger partial charge is 0.477 e. The van der Waals surface area contributed by atoms with Gasteiger partial charge in [0.15, 0.2) is 0 Å². The van der Waals surface area contributed by atoms with E-state index in [1.807, 2.05) is 24.0 Å². The minimum Gasteiger partial charge on any atom is -0.477 e. The summed E-state index contributed by atoms with van der Waals surface area (Å²) < 4.78 is 19.1. The third-order valence-electron chi connectivity index (χ3n) is 6.08. The summed E-state index contributed by atoms with van der Waals surface area (Å²) in [4.78, 5) is 22.1. The van der Waals surface area contributed by atoms with Crippen LogP contribution in [0.3, 0.4) is 0 Å². The van der Waals surface area contributed by atoms with Crippen LogP contribution in [0.4, 0.5) is 10.1 Å². The fourth-order valence-corrected chi connectivity index (χ4v) is 5.00. The Balaban J connectivity index is 1.65. The smallest absolute Gasteiger partial charge is 0.259 e. The Morgan fingerprint density at radius 2 is 2.00 bits per heavy atom. The number of carbonyl (C=O) groups excluding carboxylic acids is 1. The topological polar surface area (TPSA) is 45.7 Å². The van der Waals surface area contributed by atoms with Gasteiger partial charge in [-0.3, -0.25) is 4.79 Å². The molecule has 154 valence electrons. The van der Waals surface area contributed by atoms with E-state index < -0.39 is 0 Å². The second-order valence-electron chi connectivity index (χ2n) is 8.43. The number of nitrogens with zero attached hydrogens (tertiary/aromatic N) is 3. The molecule has 0 unspecified atom stereocenters. The number of likely N-dealkylation sites (tertiary alicyclic amines) is 1. The van der Waals surface area contributed by atoms with E-state index >= 15 is 0 Å². The predicted octanol–water partition coefficient (Wildman–Crippen LogP) is 4.28. The normalized spacial score (nSPS) is 23.0. The Kier molecular flexibility index (Phi) is 5.19. The molecule has 29 heavy (non-hydrogen) atoms. The van der Waals surface area contributed by atoms with Crippen LogP contribution in [0.15, 0.2) is 42.6 Å². The number of fused-ring (bicyclic) bond motifs is 1. The maximum absolute atomic E-state index is 13.5. The quantitative estimate of drug-likeness (QED) is 0.772. The maximum Gasteiger partial charge on any atom is 0.259 e. The Morgan fingerprint density at radius 1 is 1.24 bits per heavy atom. The third-order valence-corrected chi connectivity index (χ3v) is 6.08. The number of ether oxygens (including phenoxy) is 1. The van der Waals surface area contributed by atoms with Crippen molar-refractivity contribution < 1.29 is 13.9 Å². The van der Waals surface area contributed by atoms with E-state index in [4.69, 9.17) is 4.74 Å². The molecule has 2 aromatic rings. The van der Waals surface area contributed by atoms with Gasteiger partial charge in [-0.15, -0.1) is 0 Å². The molecule has 3 heterocycles. The van der Waals surface area contributed by atoms with Gasteiger partial charge in [-0.05, 0) is 76.4 Å². The highest BCUT2D eigenvalue weighted by Gasteiger charge is 2.50. The van der Waals surface area contributed by atoms with Gasteiger partial charge in [0.1, 0.15) is 11.4 Å². The zero-order valence-corrected chi connectivity index (χ0v) is 17.3. The van der Waals surface area contributed by atoms with Gasteiger partial charge in [-0.1, -0.05) is 0 Å². The molecule has 0 bridgehead atoms. The minimum atomic E-state index is -0.234. The van der Waals surface area contributed by atoms with E-state index in [1.165, 1.54) is 12.1 Å². The molecule has 0 aliphatic carbocycles. The second kappa shape index (κ2) is 7.65. The highest BCUT2D eigenvalue weighted by molar-refractivity contribution is 5.96. The molecule has 6 heteroatoms. The number of amides is 1. The number of anilines is 1. The lowest BCUT2D eigenvalue weighted by molar-refractivity contribution is 0.0600. The summed E-state index contributed by atoms with van der Waals surface area (Å²) in [5.74, 6) is 0.144. The number of pyridine rings is 1. The van der Waals surface area contributed by atoms with Crippen LogP contribution in [-0.2, 0) is 0 Å². The number of aromatic nitrogens is 1. The molecular formula is C23H28FN3O2. The van der Waals surface area contributed by atoms with Crippen LogP contribution in [-0.4, -0.2) is 46.6 Å². The Labute approximate surface area is 171 Å². The van der Waals surface area contributed by atoms with Crippen molar-refractivity contribution in [1.82, 2.24) is 9.88 Å². The number of hydrogen-bond acceptors (Lipinski definition) is 4. The van der Waals surface area contributed by atoms with Gasteiger partial charge >= 0.3 is 0 Å². The number of benzene rings is 1. The Bertz CT molecular complexity index is 884. The molecule has 1 aromatic carbocycles. The molecule has 2 aliphatic rings. The molecular weight excluding hydrogens is 369 g/mol. The van der Waals surface area contributed by atoms with Gasteiger partial charge in [0.25, 0.3) is 5.91 Å². The first-order chi connectivity index (χ1) is 13.9. The zero-order valence-electron chi connectivity index (χ0n) is 17.3. The van der Waals surface area contributed by atoms with Crippen LogP contribution in [0.1, 0.15) is 50.4 Å². The van der Waals surface area contributed by atoms with Crippen LogP contribution in [0.5, 0.6) is 5.88 Å². The molecule has 2 atom stereocenters. The first kappa shape index (κ1) is 19.7. The molecule has 1 aromatic heterocycles. The van der Waals surface area contributed by atoms with Crippen LogP contribution >= 0.6 is 0 Å². The summed E-state index contributed by atoms with van der Waals surface area (Å²) in [6.07, 6.45) is 4.46. The summed E-state index contributed by atoms with van der Waals surface area (Å²) in [6, 6.07) is 10.6. The summed E-state index contributed by atoms with van der Waals surface area (Å²) >= 11 is 0. The molecule has 0 saturated carbocycles. The van der Waals surface area contributed by atoms with Crippen molar-refractivity contribution in [2.75, 3.05) is 18.1 Å². The average Bonchev–Trinajstić information content (AvgIpc) is 2.98. The summed E-state index contributed by atoms with van der Waals surface area (Å²) in [6.45, 7) is 7.49. The second-order valence-corrected chi connectivity index (χ2v) is 8.43. The van der Waals surface area contributed by atoms with E-state index in [9.17, 15) is 9.18 Å². The van der Waals surface area contributed by atoms with Crippen LogP contribution in [0, 0.1) is 5.82 Å². The first-order valence-corrected chi connectivity index (χ1v) is 10.4. The van der Waals surface area contributed by atoms with Crippen molar-refractivity contribution in [1.29, 1.82) is 0 Å². The van der Waals surface area contributed by atoms with Crippen LogP contribution in [0.25, 0.3) is 0 Å². The Hall–Kier alpha value is -2.63. The van der Waals surface area contributed by atoms with Gasteiger partial charge in [0, 0.05) is 24.0 Å². The number of hydrogen-bond donors (Lipinski definition) is 0. The molecule has 2 aliphatic heterocycles. The molecule has 0 spiro atoms. The lowest BCUT2D eigenvalue weighted by Gasteiger charge is -2.42. The highest BCUT2D eigenvalue weighted by atomic mass is 19.1. The molecule has 5 nitrogen and oxygen atoms in total. The zero-order chi connectivity index (χ0) is 20.6. The van der Waals surface area contributed by atoms with E-state index in [1.54, 1.807) is 18.3 Å². The fourth-order valence-electron chi connectivity index (χ4n) is 5.00. The molecule has 2 fully saturated rings. The lowest BCUT2D eigenvalue weighted by Crippen LogP contribution is -2.53. The minimum absolute atomic E-state index is 0.0204. The summed E-state index contributed by atoms with van der Waals surface area (Å²) in [5, 5.41) is 0. The monoisotopic (exact) mass is 397 g/mol. The first-order valence-electron chi connectivity index (χ1n) is 10.4. The van der Waals surface area contributed by atoms with E-state index in [0.717, 1.165) is 31.5 Å². The molecule has 2 saturated heterocycles. The molecule has 0 N–H and O–H groups in total. The van der Waals surface area contributed by atoms with Gasteiger partial charge in [0.2, 0.25) is 5.88 Å². The Morgan fingerprint density at radius 3 is 2.72 bits per heavy atom. The van der Waals surface area contributed by atoms with Crippen molar-refractivity contribution >= 4 is 11.6 Å². The highest BCUT2D eigenvalue weighted by Crippen LogP contribution is 2.44. The number of piperidine rings is 1. The standard InChI is InChI=1S/C23H28FN3O2/c1-4-29-21-18(7-5-13-25-21)22(28)26-14-6-8-19-20(26)15-23(2,3)27(19)17-11-9-16(24)10-12-17/h5,7,9-13,19-20H,4,6,8,14-15H2,1-3H3/t19-,20-/m0/s1. The predicted molar refractivity (Wildman–Crippen MR) is 111 cm³/mol. The van der Waals surface area contributed by atoms with E-state index in [2.05, 4.69) is 23.7 Å². The molecule has 4 rings (SSSR count). The summed E-state index contributed by atoms with van der Waals surface area (Å²) in [5.41, 5.74) is 1.40. The van der Waals surface area contributed by atoms with Crippen molar-refractivity contribution in [3.63, 3.8) is 0 Å². The van der Waals surface area contributed by atoms with Crippen molar-refractivity contribution in [2.45, 2.75) is 57.7 Å².